The Kier molecular flexibility index (Phi) is 9.60. The van der Waals surface area contributed by atoms with Crippen molar-refractivity contribution < 1.29 is 19.5 Å². The van der Waals surface area contributed by atoms with Crippen molar-refractivity contribution in [2.75, 3.05) is 26.7 Å². The molecular formula is C29H47N3O4S. The number of likely N-dealkylation sites (tertiary alicyclic amines) is 1. The highest BCUT2D eigenvalue weighted by Crippen LogP contribution is 2.69. The number of hydrogen-bond donors (Lipinski definition) is 1. The molecule has 1 N–H and O–H groups in total. The van der Waals surface area contributed by atoms with E-state index in [1.165, 1.54) is 0 Å². The molecule has 3 amide bonds. The van der Waals surface area contributed by atoms with Crippen LogP contribution < -0.4 is 0 Å². The Bertz CT molecular complexity index is 896. The number of nitrogens with zero attached hydrogens (tertiary/aromatic N) is 3. The number of rotatable bonds is 13. The molecule has 0 saturated carbocycles. The van der Waals surface area contributed by atoms with E-state index in [1.54, 1.807) is 40.8 Å². The zero-order chi connectivity index (χ0) is 27.7. The van der Waals surface area contributed by atoms with E-state index in [1.807, 2.05) is 18.7 Å². The van der Waals surface area contributed by atoms with Gasteiger partial charge in [0, 0.05) is 31.4 Å². The predicted octanol–water partition coefficient (Wildman–Crippen LogP) is 3.58. The van der Waals surface area contributed by atoms with Crippen molar-refractivity contribution >= 4 is 29.5 Å². The summed E-state index contributed by atoms with van der Waals surface area (Å²) < 4.78 is -0.694. The monoisotopic (exact) mass is 533 g/mol. The maximum atomic E-state index is 14.6. The van der Waals surface area contributed by atoms with Gasteiger partial charge in [-0.05, 0) is 31.6 Å². The normalized spacial score (nSPS) is 32.6. The van der Waals surface area contributed by atoms with Crippen LogP contribution in [-0.2, 0) is 14.4 Å². The van der Waals surface area contributed by atoms with Crippen LogP contribution in [0.4, 0.5) is 0 Å². The van der Waals surface area contributed by atoms with Crippen molar-refractivity contribution in [3.8, 4) is 0 Å². The second-order valence-corrected chi connectivity index (χ2v) is 12.9. The fourth-order valence-electron chi connectivity index (χ4n) is 7.09. The fraction of sp³-hybridized carbons (Fsp3) is 0.759. The van der Waals surface area contributed by atoms with Gasteiger partial charge in [-0.1, -0.05) is 52.7 Å². The molecule has 3 fully saturated rings. The molecule has 0 radical (unpaired) electrons. The molecule has 208 valence electrons. The maximum absolute atomic E-state index is 14.6. The Morgan fingerprint density at radius 1 is 1.22 bits per heavy atom. The van der Waals surface area contributed by atoms with Gasteiger partial charge in [0.1, 0.15) is 6.04 Å². The fourth-order valence-corrected chi connectivity index (χ4v) is 9.48. The van der Waals surface area contributed by atoms with Crippen LogP contribution in [0, 0.1) is 23.7 Å². The highest BCUT2D eigenvalue weighted by molar-refractivity contribution is 8.02. The van der Waals surface area contributed by atoms with Gasteiger partial charge in [-0.3, -0.25) is 14.4 Å². The second-order valence-electron chi connectivity index (χ2n) is 11.4. The molecular weight excluding hydrogens is 486 g/mol. The van der Waals surface area contributed by atoms with Gasteiger partial charge in [0.25, 0.3) is 0 Å². The highest BCUT2D eigenvalue weighted by atomic mass is 32.2. The number of carbonyl (C=O) groups excluding carboxylic acids is 3. The van der Waals surface area contributed by atoms with E-state index in [0.29, 0.717) is 13.1 Å². The standard InChI is InChI=1S/C29H47N3O4S/c1-9-13-20(7)31(15-11-3)28(36)25-29-19(6)16-22(37-29)23(26(34)30(8)14-10-2)24(29)27(35)32(25)21(17-33)18(5)12-4/h10-11,18-25,33H,2-3,9,12-17H2,1,4-8H3/t18-,19?,20?,21-,22-,23+,24-,25?,29?/m0/s1. The van der Waals surface area contributed by atoms with Crippen molar-refractivity contribution in [1.29, 1.82) is 0 Å². The Labute approximate surface area is 227 Å². The molecule has 0 aliphatic carbocycles. The molecule has 37 heavy (non-hydrogen) atoms. The summed E-state index contributed by atoms with van der Waals surface area (Å²) in [6, 6.07) is -1.20. The van der Waals surface area contributed by atoms with Gasteiger partial charge in [-0.2, -0.15) is 0 Å². The first-order valence-electron chi connectivity index (χ1n) is 13.9. The first-order valence-corrected chi connectivity index (χ1v) is 14.8. The van der Waals surface area contributed by atoms with E-state index in [0.717, 1.165) is 25.7 Å². The summed E-state index contributed by atoms with van der Waals surface area (Å²) in [5.74, 6) is -1.23. The van der Waals surface area contributed by atoms with E-state index in [2.05, 4.69) is 33.9 Å². The van der Waals surface area contributed by atoms with Crippen molar-refractivity contribution in [3.63, 3.8) is 0 Å². The lowest BCUT2D eigenvalue weighted by Crippen LogP contribution is -2.61. The van der Waals surface area contributed by atoms with Crippen molar-refractivity contribution in [1.82, 2.24) is 14.7 Å². The third-order valence-corrected chi connectivity index (χ3v) is 11.3. The minimum absolute atomic E-state index is 0.00161. The van der Waals surface area contributed by atoms with Gasteiger partial charge < -0.3 is 19.8 Å². The summed E-state index contributed by atoms with van der Waals surface area (Å²) >= 11 is 1.69. The van der Waals surface area contributed by atoms with E-state index in [9.17, 15) is 19.5 Å². The molecule has 8 heteroatoms. The number of aliphatic hydroxyl groups is 1. The summed E-state index contributed by atoms with van der Waals surface area (Å²) in [5, 5.41) is 10.5. The number of hydrogen-bond acceptors (Lipinski definition) is 5. The van der Waals surface area contributed by atoms with Gasteiger partial charge >= 0.3 is 0 Å². The number of carbonyl (C=O) groups is 3. The van der Waals surface area contributed by atoms with Gasteiger partial charge in [0.2, 0.25) is 17.7 Å². The van der Waals surface area contributed by atoms with Crippen LogP contribution >= 0.6 is 11.8 Å². The summed E-state index contributed by atoms with van der Waals surface area (Å²) in [6.45, 7) is 18.6. The third-order valence-electron chi connectivity index (χ3n) is 9.17. The van der Waals surface area contributed by atoms with Crippen LogP contribution in [0.5, 0.6) is 0 Å². The number of fused-ring (bicyclic) bond motifs is 1. The number of thioether (sulfide) groups is 1. The lowest BCUT2D eigenvalue weighted by atomic mass is 9.65. The van der Waals surface area contributed by atoms with Crippen LogP contribution in [0.1, 0.15) is 60.3 Å². The molecule has 3 aliphatic rings. The molecule has 0 aromatic carbocycles. The minimum Gasteiger partial charge on any atom is -0.394 e. The van der Waals surface area contributed by atoms with Crippen LogP contribution in [0.2, 0.25) is 0 Å². The molecule has 3 aliphatic heterocycles. The highest BCUT2D eigenvalue weighted by Gasteiger charge is 2.77. The summed E-state index contributed by atoms with van der Waals surface area (Å²) in [7, 11) is 1.75. The molecule has 3 rings (SSSR count). The third kappa shape index (κ3) is 4.77. The summed E-state index contributed by atoms with van der Waals surface area (Å²) in [4.78, 5) is 48.0. The van der Waals surface area contributed by atoms with Gasteiger partial charge in [-0.15, -0.1) is 24.9 Å². The molecule has 4 unspecified atom stereocenters. The molecule has 3 saturated heterocycles. The van der Waals surface area contributed by atoms with E-state index in [-0.39, 0.29) is 47.5 Å². The molecule has 1 spiro atoms. The van der Waals surface area contributed by atoms with E-state index < -0.39 is 28.7 Å². The first-order chi connectivity index (χ1) is 17.6. The largest absolute Gasteiger partial charge is 0.394 e. The molecule has 0 aromatic heterocycles. The predicted molar refractivity (Wildman–Crippen MR) is 150 cm³/mol. The zero-order valence-corrected chi connectivity index (χ0v) is 24.4. The van der Waals surface area contributed by atoms with Crippen LogP contribution in [0.3, 0.4) is 0 Å². The smallest absolute Gasteiger partial charge is 0.247 e. The van der Waals surface area contributed by atoms with Gasteiger partial charge in [0.15, 0.2) is 0 Å². The van der Waals surface area contributed by atoms with Crippen LogP contribution in [0.25, 0.3) is 0 Å². The molecule has 2 bridgehead atoms. The van der Waals surface area contributed by atoms with E-state index >= 15 is 0 Å². The quantitative estimate of drug-likeness (QED) is 0.366. The average Bonchev–Trinajstić information content (AvgIpc) is 3.46. The second kappa shape index (κ2) is 11.9. The van der Waals surface area contributed by atoms with Gasteiger partial charge in [-0.25, -0.2) is 0 Å². The van der Waals surface area contributed by atoms with Crippen LogP contribution in [0.15, 0.2) is 25.3 Å². The summed E-state index contributed by atoms with van der Waals surface area (Å²) in [5.41, 5.74) is 0. The zero-order valence-electron chi connectivity index (χ0n) is 23.6. The topological polar surface area (TPSA) is 81.2 Å². The minimum atomic E-state index is -0.720. The van der Waals surface area contributed by atoms with Crippen molar-refractivity contribution in [2.24, 2.45) is 23.7 Å². The molecule has 9 atom stereocenters. The number of amides is 3. The number of likely N-dealkylation sites (N-methyl/N-ethyl adjacent to an activating group) is 1. The Morgan fingerprint density at radius 2 is 1.86 bits per heavy atom. The first kappa shape index (κ1) is 29.8. The average molecular weight is 534 g/mol. The van der Waals surface area contributed by atoms with Crippen LogP contribution in [-0.4, -0.2) is 92.4 Å². The van der Waals surface area contributed by atoms with Crippen molar-refractivity contribution in [2.45, 2.75) is 88.4 Å². The Morgan fingerprint density at radius 3 is 2.41 bits per heavy atom. The Balaban J connectivity index is 2.17. The number of aliphatic hydroxyl groups excluding tert-OH is 1. The molecule has 0 aromatic rings. The van der Waals surface area contributed by atoms with Crippen molar-refractivity contribution in [3.05, 3.63) is 25.3 Å². The Hall–Kier alpha value is -1.80. The SMILES string of the molecule is C=CCN(C)C(=O)[C@@H]1[C@@H]2CC(C)C3(S2)C(C(=O)N(CC=C)C(C)CCC)N([C@@H](CO)[C@@H](C)CC)C(=O)[C@H]13. The van der Waals surface area contributed by atoms with E-state index in [4.69, 9.17) is 0 Å². The lowest BCUT2D eigenvalue weighted by Gasteiger charge is -2.44. The maximum Gasteiger partial charge on any atom is 0.247 e. The van der Waals surface area contributed by atoms with Gasteiger partial charge in [0.05, 0.1) is 29.2 Å². The summed E-state index contributed by atoms with van der Waals surface area (Å²) in [6.07, 6.45) is 6.80. The molecule has 7 nitrogen and oxygen atoms in total. The lowest BCUT2D eigenvalue weighted by molar-refractivity contribution is -0.148. The molecule has 3 heterocycles.